The molecule has 0 aliphatic carbocycles. The highest BCUT2D eigenvalue weighted by molar-refractivity contribution is 7.92. The third kappa shape index (κ3) is 5.40. The first kappa shape index (κ1) is 19.6. The number of rotatable bonds is 5. The van der Waals surface area contributed by atoms with Crippen LogP contribution in [0.5, 0.6) is 5.75 Å². The minimum atomic E-state index is -1.10. The van der Waals surface area contributed by atoms with Gasteiger partial charge >= 0.3 is 6.03 Å². The number of hydrogen-bond acceptors (Lipinski definition) is 3. The summed E-state index contributed by atoms with van der Waals surface area (Å²) in [5.41, 5.74) is 0.724. The molecule has 3 rings (SSSR count). The van der Waals surface area contributed by atoms with Crippen LogP contribution in [-0.4, -0.2) is 39.9 Å². The molecule has 2 aromatic rings. The van der Waals surface area contributed by atoms with Crippen molar-refractivity contribution < 1.29 is 14.1 Å². The molecule has 144 valence electrons. The molecule has 1 fully saturated rings. The molecule has 5 nitrogen and oxygen atoms in total. The molecule has 1 N–H and O–H groups in total. The third-order valence-electron chi connectivity index (χ3n) is 4.42. The van der Waals surface area contributed by atoms with Crippen LogP contribution in [0, 0.1) is 0 Å². The van der Waals surface area contributed by atoms with Crippen molar-refractivity contribution in [1.29, 1.82) is 0 Å². The average Bonchev–Trinajstić information content (AvgIpc) is 2.69. The van der Waals surface area contributed by atoms with Crippen molar-refractivity contribution in [1.82, 2.24) is 4.90 Å². The number of benzene rings is 2. The van der Waals surface area contributed by atoms with E-state index in [1.54, 1.807) is 4.90 Å². The van der Waals surface area contributed by atoms with E-state index < -0.39 is 11.2 Å². The van der Waals surface area contributed by atoms with Crippen molar-refractivity contribution >= 4 is 22.9 Å². The molecule has 1 aliphatic rings. The molecule has 6 heteroatoms. The van der Waals surface area contributed by atoms with Crippen LogP contribution >= 0.6 is 0 Å². The van der Waals surface area contributed by atoms with E-state index in [4.69, 9.17) is 4.74 Å². The third-order valence-corrected chi connectivity index (χ3v) is 6.15. The zero-order chi connectivity index (χ0) is 19.2. The van der Waals surface area contributed by atoms with Crippen molar-refractivity contribution in [2.24, 2.45) is 0 Å². The second-order valence-electron chi connectivity index (χ2n) is 6.94. The summed E-state index contributed by atoms with van der Waals surface area (Å²) < 4.78 is 18.4. The number of carbonyl (C=O) groups is 1. The predicted octanol–water partition coefficient (Wildman–Crippen LogP) is 4.28. The molecule has 1 aliphatic heterocycles. The van der Waals surface area contributed by atoms with Crippen LogP contribution in [0.2, 0.25) is 0 Å². The number of anilines is 1. The molecule has 2 unspecified atom stereocenters. The molecule has 2 aromatic carbocycles. The average molecular weight is 387 g/mol. The predicted molar refractivity (Wildman–Crippen MR) is 109 cm³/mol. The van der Waals surface area contributed by atoms with Gasteiger partial charge in [0.25, 0.3) is 0 Å². The Morgan fingerprint density at radius 3 is 2.56 bits per heavy atom. The van der Waals surface area contributed by atoms with E-state index in [-0.39, 0.29) is 17.4 Å². The van der Waals surface area contributed by atoms with E-state index in [1.807, 2.05) is 68.4 Å². The van der Waals surface area contributed by atoms with Gasteiger partial charge in [0.05, 0.1) is 12.6 Å². The standard InChI is InChI=1S/C21H26N2O3S/c1-16(2)26-18-12-10-17(11-13-18)22-21(24)23-14-6-9-20(15-23)27(25)19-7-4-3-5-8-19/h3-5,7-8,10-13,16,20H,6,9,14-15H2,1-2H3,(H,22,24). The summed E-state index contributed by atoms with van der Waals surface area (Å²) in [5.74, 6) is 0.777. The van der Waals surface area contributed by atoms with Crippen LogP contribution < -0.4 is 10.1 Å². The van der Waals surface area contributed by atoms with Crippen molar-refractivity contribution in [3.63, 3.8) is 0 Å². The smallest absolute Gasteiger partial charge is 0.322 e. The van der Waals surface area contributed by atoms with E-state index in [2.05, 4.69) is 5.32 Å². The van der Waals surface area contributed by atoms with Crippen LogP contribution in [0.3, 0.4) is 0 Å². The van der Waals surface area contributed by atoms with Gasteiger partial charge in [0.2, 0.25) is 0 Å². The molecule has 2 atom stereocenters. The molecular formula is C21H26N2O3S. The summed E-state index contributed by atoms with van der Waals surface area (Å²) in [4.78, 5) is 15.2. The molecule has 2 amide bonds. The number of nitrogens with zero attached hydrogens (tertiary/aromatic N) is 1. The van der Waals surface area contributed by atoms with Gasteiger partial charge in [-0.1, -0.05) is 18.2 Å². The Hall–Kier alpha value is -2.18. The zero-order valence-corrected chi connectivity index (χ0v) is 16.6. The quantitative estimate of drug-likeness (QED) is 0.780. The normalized spacial score (nSPS) is 18.2. The number of nitrogens with one attached hydrogen (secondary N) is 1. The Kier molecular flexibility index (Phi) is 6.63. The monoisotopic (exact) mass is 386 g/mol. The molecule has 0 radical (unpaired) electrons. The summed E-state index contributed by atoms with van der Waals surface area (Å²) in [7, 11) is 0. The van der Waals surface area contributed by atoms with Crippen LogP contribution in [0.25, 0.3) is 0 Å². The summed E-state index contributed by atoms with van der Waals surface area (Å²) in [5, 5.41) is 2.89. The summed E-state index contributed by atoms with van der Waals surface area (Å²) >= 11 is -1.10. The SMILES string of the molecule is CC(C)Oc1ccc(NC(=O)N2CCCC([S+]([O-])c3ccccc3)C2)cc1. The van der Waals surface area contributed by atoms with Gasteiger partial charge in [0, 0.05) is 12.2 Å². The van der Waals surface area contributed by atoms with E-state index in [0.717, 1.165) is 29.2 Å². The first-order valence-electron chi connectivity index (χ1n) is 9.31. The first-order chi connectivity index (χ1) is 13.0. The van der Waals surface area contributed by atoms with Gasteiger partial charge in [-0.05, 0) is 74.3 Å². The number of piperidine rings is 1. The van der Waals surface area contributed by atoms with Gasteiger partial charge in [-0.15, -0.1) is 0 Å². The molecular weight excluding hydrogens is 360 g/mol. The second-order valence-corrected chi connectivity index (χ2v) is 8.67. The Balaban J connectivity index is 1.58. The lowest BCUT2D eigenvalue weighted by atomic mass is 10.1. The van der Waals surface area contributed by atoms with E-state index in [1.165, 1.54) is 0 Å². The number of ether oxygens (including phenoxy) is 1. The van der Waals surface area contributed by atoms with Crippen LogP contribution in [-0.2, 0) is 11.2 Å². The van der Waals surface area contributed by atoms with Gasteiger partial charge in [0.15, 0.2) is 4.90 Å². The largest absolute Gasteiger partial charge is 0.611 e. The second kappa shape index (κ2) is 9.15. The van der Waals surface area contributed by atoms with Gasteiger partial charge in [0.1, 0.15) is 11.0 Å². The number of carbonyl (C=O) groups excluding carboxylic acids is 1. The summed E-state index contributed by atoms with van der Waals surface area (Å²) in [6.45, 7) is 5.13. The van der Waals surface area contributed by atoms with Gasteiger partial charge in [-0.3, -0.25) is 0 Å². The van der Waals surface area contributed by atoms with Crippen LogP contribution in [0.1, 0.15) is 26.7 Å². The fourth-order valence-corrected chi connectivity index (χ4v) is 4.64. The Labute approximate surface area is 163 Å². The topological polar surface area (TPSA) is 64.6 Å². The molecule has 0 saturated carbocycles. The maximum Gasteiger partial charge on any atom is 0.322 e. The minimum Gasteiger partial charge on any atom is -0.611 e. The summed E-state index contributed by atoms with van der Waals surface area (Å²) in [6.07, 6.45) is 1.84. The lowest BCUT2D eigenvalue weighted by molar-refractivity contribution is 0.200. The zero-order valence-electron chi connectivity index (χ0n) is 15.8. The first-order valence-corrected chi connectivity index (χ1v) is 10.5. The van der Waals surface area contributed by atoms with Crippen molar-refractivity contribution in [2.75, 3.05) is 18.4 Å². The van der Waals surface area contributed by atoms with Crippen LogP contribution in [0.15, 0.2) is 59.5 Å². The minimum absolute atomic E-state index is 0.0336. The molecule has 0 bridgehead atoms. The van der Waals surface area contributed by atoms with Crippen molar-refractivity contribution in [3.8, 4) is 5.75 Å². The van der Waals surface area contributed by atoms with Crippen LogP contribution in [0.4, 0.5) is 10.5 Å². The number of amides is 2. The lowest BCUT2D eigenvalue weighted by Crippen LogP contribution is -2.46. The molecule has 27 heavy (non-hydrogen) atoms. The molecule has 0 spiro atoms. The van der Waals surface area contributed by atoms with Crippen molar-refractivity contribution in [2.45, 2.75) is 42.9 Å². The Morgan fingerprint density at radius 1 is 1.19 bits per heavy atom. The fourth-order valence-electron chi connectivity index (χ4n) is 3.14. The van der Waals surface area contributed by atoms with E-state index >= 15 is 0 Å². The van der Waals surface area contributed by atoms with E-state index in [0.29, 0.717) is 13.1 Å². The highest BCUT2D eigenvalue weighted by Gasteiger charge is 2.32. The molecule has 1 saturated heterocycles. The van der Waals surface area contributed by atoms with E-state index in [9.17, 15) is 9.35 Å². The number of hydrogen-bond donors (Lipinski definition) is 1. The fraction of sp³-hybridized carbons (Fsp3) is 0.381. The van der Waals surface area contributed by atoms with Crippen molar-refractivity contribution in [3.05, 3.63) is 54.6 Å². The molecule has 0 aromatic heterocycles. The highest BCUT2D eigenvalue weighted by atomic mass is 32.2. The number of likely N-dealkylation sites (tertiary alicyclic amines) is 1. The van der Waals surface area contributed by atoms with Gasteiger partial charge in [-0.2, -0.15) is 0 Å². The lowest BCUT2D eigenvalue weighted by Gasteiger charge is -2.33. The Morgan fingerprint density at radius 2 is 1.89 bits per heavy atom. The summed E-state index contributed by atoms with van der Waals surface area (Å²) in [6, 6.07) is 16.7. The Bertz CT molecular complexity index is 737. The maximum absolute atomic E-state index is 12.8. The van der Waals surface area contributed by atoms with Gasteiger partial charge in [-0.25, -0.2) is 4.79 Å². The highest BCUT2D eigenvalue weighted by Crippen LogP contribution is 2.24. The maximum atomic E-state index is 12.8. The van der Waals surface area contributed by atoms with Gasteiger partial charge < -0.3 is 19.5 Å². The number of urea groups is 1. The molecule has 1 heterocycles.